The number of alkyl halides is 3. The van der Waals surface area contributed by atoms with Crippen LogP contribution in [0.4, 0.5) is 22.8 Å². The fraction of sp³-hybridized carbons (Fsp3) is 0.556. The van der Waals surface area contributed by atoms with Crippen molar-refractivity contribution in [2.45, 2.75) is 11.7 Å². The third-order valence-electron chi connectivity index (χ3n) is 2.35. The van der Waals surface area contributed by atoms with Crippen LogP contribution in [0, 0.1) is 0 Å². The van der Waals surface area contributed by atoms with Crippen molar-refractivity contribution < 1.29 is 46.9 Å². The van der Waals surface area contributed by atoms with Gasteiger partial charge in [0.15, 0.2) is 0 Å². The summed E-state index contributed by atoms with van der Waals surface area (Å²) in [5, 5.41) is 8.83. The molecule has 0 aromatic rings. The van der Waals surface area contributed by atoms with Gasteiger partial charge in [0, 0.05) is 7.36 Å². The number of aliphatic carboxylic acids is 1. The molecule has 0 saturated carbocycles. The highest BCUT2D eigenvalue weighted by atomic mass is 32.4. The fourth-order valence-electron chi connectivity index (χ4n) is 1.26. The third kappa shape index (κ3) is 6.91. The maximum absolute atomic E-state index is 12.8. The Morgan fingerprint density at radius 3 is 1.77 bits per heavy atom. The monoisotopic (exact) mass is 423 g/mol. The molecule has 0 atom stereocenters. The molecule has 0 spiro atoms. The largest absolute Gasteiger partial charge is 0.480 e. The van der Waals surface area contributed by atoms with Gasteiger partial charge in [-0.05, 0) is 0 Å². The molecule has 0 rings (SSSR count). The van der Waals surface area contributed by atoms with E-state index in [2.05, 4.69) is 21.3 Å². The van der Waals surface area contributed by atoms with E-state index in [1.54, 1.807) is 10.9 Å². The summed E-state index contributed by atoms with van der Waals surface area (Å²) in [5.41, 5.74) is 4.62. The summed E-state index contributed by atoms with van der Waals surface area (Å²) in [6, 6.07) is 0. The Bertz CT molecular complexity index is 558. The van der Waals surface area contributed by atoms with Gasteiger partial charge in [-0.25, -0.2) is 9.59 Å². The van der Waals surface area contributed by atoms with Crippen molar-refractivity contribution in [1.82, 2.24) is 26.6 Å². The highest BCUT2D eigenvalue weighted by molar-refractivity contribution is 7.97. The third-order valence-corrected chi connectivity index (χ3v) is 3.87. The first kappa shape index (κ1) is 23.7. The maximum Gasteiger partial charge on any atom is 0.471 e. The van der Waals surface area contributed by atoms with Crippen molar-refractivity contribution in [3.8, 4) is 0 Å². The van der Waals surface area contributed by atoms with Crippen molar-refractivity contribution in [3.63, 3.8) is 0 Å². The van der Waals surface area contributed by atoms with Crippen LogP contribution in [0.25, 0.3) is 0 Å². The topological polar surface area (TPSA) is 158 Å². The Morgan fingerprint density at radius 1 is 1.08 bits per heavy atom. The molecule has 148 valence electrons. The standard InChI is InChI=1S/C9H13F3N5O7PS/c1-23-6(21)13-15-9(25-26,16-14-7(22)24-2)17(3-4(18)19)5(20)8(10,11)12/h15-16H,3H2,1-2H3,(H,13,21)(H,14,22)(H,18,19). The molecule has 0 radical (unpaired) electrons. The van der Waals surface area contributed by atoms with Gasteiger partial charge >= 0.3 is 30.2 Å². The number of carbonyl (C=O) groups is 4. The normalized spacial score (nSPS) is 11.4. The minimum atomic E-state index is -5.50. The van der Waals surface area contributed by atoms with E-state index in [9.17, 15) is 32.3 Å². The smallest absolute Gasteiger partial charge is 0.471 e. The van der Waals surface area contributed by atoms with Crippen LogP contribution < -0.4 is 21.7 Å². The van der Waals surface area contributed by atoms with Gasteiger partial charge in [0.05, 0.1) is 14.2 Å². The number of hydrogen-bond acceptors (Lipinski definition) is 9. The molecule has 12 nitrogen and oxygen atoms in total. The predicted molar refractivity (Wildman–Crippen MR) is 79.8 cm³/mol. The van der Waals surface area contributed by atoms with Crippen LogP contribution in [-0.4, -0.2) is 66.5 Å². The molecule has 0 aromatic heterocycles. The van der Waals surface area contributed by atoms with E-state index in [4.69, 9.17) is 5.11 Å². The highest BCUT2D eigenvalue weighted by Gasteiger charge is 2.51. The van der Waals surface area contributed by atoms with Gasteiger partial charge in [-0.15, -0.1) is 0 Å². The molecular weight excluding hydrogens is 410 g/mol. The van der Waals surface area contributed by atoms with E-state index >= 15 is 0 Å². The maximum atomic E-state index is 12.8. The number of hydrogen-bond donors (Lipinski definition) is 5. The lowest BCUT2D eigenvalue weighted by Crippen LogP contribution is -2.74. The van der Waals surface area contributed by atoms with Crippen molar-refractivity contribution >= 4 is 43.2 Å². The van der Waals surface area contributed by atoms with E-state index in [-0.39, 0.29) is 4.90 Å². The number of carbonyl (C=O) groups excluding carboxylic acids is 3. The van der Waals surface area contributed by atoms with E-state index in [1.165, 1.54) is 0 Å². The number of nitrogens with one attached hydrogen (secondary N) is 4. The van der Waals surface area contributed by atoms with Crippen LogP contribution in [0.1, 0.15) is 0 Å². The number of amides is 3. The van der Waals surface area contributed by atoms with Crippen LogP contribution in [-0.2, 0) is 30.9 Å². The Balaban J connectivity index is 5.98. The number of halogens is 3. The number of rotatable bonds is 8. The zero-order valence-electron chi connectivity index (χ0n) is 13.0. The molecule has 0 heterocycles. The summed E-state index contributed by atoms with van der Waals surface area (Å²) >= 11 is 4.64. The Labute approximate surface area is 150 Å². The first-order valence-electron chi connectivity index (χ1n) is 6.10. The Morgan fingerprint density at radius 2 is 1.50 bits per heavy atom. The average Bonchev–Trinajstić information content (AvgIpc) is 2.58. The Kier molecular flexibility index (Phi) is 9.12. The lowest BCUT2D eigenvalue weighted by molar-refractivity contribution is -0.192. The summed E-state index contributed by atoms with van der Waals surface area (Å²) in [6.07, 6.45) is -7.94. The molecule has 0 aliphatic heterocycles. The lowest BCUT2D eigenvalue weighted by Gasteiger charge is -2.39. The van der Waals surface area contributed by atoms with Gasteiger partial charge in [-0.3, -0.25) is 25.3 Å². The van der Waals surface area contributed by atoms with E-state index < -0.39 is 49.7 Å². The number of carboxylic acids is 1. The predicted octanol–water partition coefficient (Wildman–Crippen LogP) is -0.798. The molecule has 0 aliphatic carbocycles. The van der Waals surface area contributed by atoms with Crippen molar-refractivity contribution in [1.29, 1.82) is 0 Å². The van der Waals surface area contributed by atoms with Crippen LogP contribution >= 0.6 is 7.36 Å². The van der Waals surface area contributed by atoms with E-state index in [1.807, 2.05) is 10.9 Å². The second kappa shape index (κ2) is 10.0. The summed E-state index contributed by atoms with van der Waals surface area (Å²) in [6.45, 7) is -1.51. The van der Waals surface area contributed by atoms with Crippen LogP contribution in [0.3, 0.4) is 0 Å². The summed E-state index contributed by atoms with van der Waals surface area (Å²) in [7, 11) is 1.24. The quantitative estimate of drug-likeness (QED) is 0.190. The fourth-order valence-corrected chi connectivity index (χ4v) is 2.29. The van der Waals surface area contributed by atoms with Crippen LogP contribution in [0.2, 0.25) is 0 Å². The molecule has 0 aromatic carbocycles. The molecule has 0 bridgehead atoms. The molecule has 26 heavy (non-hydrogen) atoms. The van der Waals surface area contributed by atoms with Crippen molar-refractivity contribution in [2.24, 2.45) is 0 Å². The minimum absolute atomic E-state index is 0.296. The highest BCUT2D eigenvalue weighted by Crippen LogP contribution is 2.27. The van der Waals surface area contributed by atoms with Gasteiger partial charge in [0.25, 0.3) is 0 Å². The number of methoxy groups -OCH3 is 2. The molecule has 5 N–H and O–H groups in total. The van der Waals surface area contributed by atoms with Crippen molar-refractivity contribution in [3.05, 3.63) is 0 Å². The second-order valence-electron chi connectivity index (χ2n) is 4.03. The molecule has 0 fully saturated rings. The van der Waals surface area contributed by atoms with Gasteiger partial charge in [-0.2, -0.15) is 24.0 Å². The van der Waals surface area contributed by atoms with Gasteiger partial charge in [-0.1, -0.05) is 11.8 Å². The van der Waals surface area contributed by atoms with Gasteiger partial charge < -0.3 is 14.6 Å². The second-order valence-corrected chi connectivity index (χ2v) is 5.41. The molecule has 0 aliphatic rings. The SMILES string of the molecule is COC(=O)NNC(NNC(=O)OC)(P=S)N(CC(=O)O)C(=O)C(F)(F)F. The average molecular weight is 423 g/mol. The summed E-state index contributed by atoms with van der Waals surface area (Å²) in [5.74, 6) is -4.47. The molecule has 0 saturated heterocycles. The van der Waals surface area contributed by atoms with Crippen LogP contribution in [0.5, 0.6) is 0 Å². The number of nitrogens with zero attached hydrogens (tertiary/aromatic N) is 1. The molecule has 17 heteroatoms. The first-order valence-corrected chi connectivity index (χ1v) is 8.01. The number of hydrazine groups is 2. The van der Waals surface area contributed by atoms with Crippen molar-refractivity contribution in [2.75, 3.05) is 20.8 Å². The number of carboxylic acid groups (broad SMARTS) is 1. The number of ether oxygens (including phenoxy) is 2. The zero-order chi connectivity index (χ0) is 20.5. The van der Waals surface area contributed by atoms with E-state index in [0.29, 0.717) is 0 Å². The summed E-state index contributed by atoms with van der Waals surface area (Å²) < 4.78 is 46.9. The molecule has 3 amide bonds. The van der Waals surface area contributed by atoms with Crippen LogP contribution in [0.15, 0.2) is 0 Å². The van der Waals surface area contributed by atoms with Gasteiger partial charge in [0.1, 0.15) is 6.54 Å². The summed E-state index contributed by atoms with van der Waals surface area (Å²) in [4.78, 5) is 44.6. The molecule has 0 unspecified atom stereocenters. The minimum Gasteiger partial charge on any atom is -0.480 e. The first-order chi connectivity index (χ1) is 11.9. The Hall–Kier alpha value is -2.29. The van der Waals surface area contributed by atoms with Gasteiger partial charge in [0.2, 0.25) is 5.53 Å². The zero-order valence-corrected chi connectivity index (χ0v) is 14.8. The van der Waals surface area contributed by atoms with E-state index in [0.717, 1.165) is 14.2 Å². The molecular formula is C9H13F3N5O7PS. The lowest BCUT2D eigenvalue weighted by atomic mass is 10.4.